The molecule has 0 saturated heterocycles. The molecule has 27 heavy (non-hydrogen) atoms. The van der Waals surface area contributed by atoms with Gasteiger partial charge in [0.05, 0.1) is 23.1 Å². The summed E-state index contributed by atoms with van der Waals surface area (Å²) in [6.45, 7) is 0.754. The molecule has 4 rings (SSSR count). The largest absolute Gasteiger partial charge is 0.340 e. The van der Waals surface area contributed by atoms with Gasteiger partial charge >= 0.3 is 0 Å². The average molecular weight is 369 g/mol. The second kappa shape index (κ2) is 6.75. The van der Waals surface area contributed by atoms with Crippen LogP contribution in [0.25, 0.3) is 0 Å². The standard InChI is InChI=1S/C20H14F3N3O/c21-15-5-6-16(19(23)18(15)22)25-20(27)13-9-14(11-24-10-13)26-8-7-12-3-1-2-4-17(12)26/h1-6,9-11H,7-8H2,(H,25,27). The van der Waals surface area contributed by atoms with Crippen LogP contribution in [0.1, 0.15) is 15.9 Å². The number of para-hydroxylation sites is 1. The number of hydrogen-bond acceptors (Lipinski definition) is 3. The van der Waals surface area contributed by atoms with E-state index in [4.69, 9.17) is 0 Å². The van der Waals surface area contributed by atoms with Gasteiger partial charge in [-0.1, -0.05) is 18.2 Å². The zero-order valence-corrected chi connectivity index (χ0v) is 14.0. The fraction of sp³-hybridized carbons (Fsp3) is 0.100. The molecule has 0 radical (unpaired) electrons. The van der Waals surface area contributed by atoms with Gasteiger partial charge < -0.3 is 10.2 Å². The van der Waals surface area contributed by atoms with Crippen molar-refractivity contribution in [2.45, 2.75) is 6.42 Å². The summed E-state index contributed by atoms with van der Waals surface area (Å²) < 4.78 is 40.1. The Morgan fingerprint density at radius 2 is 1.85 bits per heavy atom. The Kier molecular flexibility index (Phi) is 4.27. The maximum Gasteiger partial charge on any atom is 0.257 e. The number of amides is 1. The molecule has 1 aliphatic rings. The smallest absolute Gasteiger partial charge is 0.257 e. The highest BCUT2D eigenvalue weighted by atomic mass is 19.2. The van der Waals surface area contributed by atoms with Crippen molar-refractivity contribution < 1.29 is 18.0 Å². The zero-order valence-electron chi connectivity index (χ0n) is 14.0. The SMILES string of the molecule is O=C(Nc1ccc(F)c(F)c1F)c1cncc(N2CCc3ccccc32)c1. The minimum Gasteiger partial charge on any atom is -0.340 e. The predicted molar refractivity (Wildman–Crippen MR) is 95.7 cm³/mol. The lowest BCUT2D eigenvalue weighted by Crippen LogP contribution is -2.17. The van der Waals surface area contributed by atoms with Crippen molar-refractivity contribution in [3.05, 3.63) is 83.4 Å². The first-order chi connectivity index (χ1) is 13.0. The lowest BCUT2D eigenvalue weighted by atomic mass is 10.2. The van der Waals surface area contributed by atoms with Crippen molar-refractivity contribution in [3.63, 3.8) is 0 Å². The minimum atomic E-state index is -1.63. The Labute approximate surface area is 153 Å². The van der Waals surface area contributed by atoms with Crippen LogP contribution in [-0.2, 0) is 6.42 Å². The summed E-state index contributed by atoms with van der Waals surface area (Å²) in [5.41, 5.74) is 2.72. The van der Waals surface area contributed by atoms with E-state index in [1.165, 1.54) is 11.8 Å². The van der Waals surface area contributed by atoms with Gasteiger partial charge in [-0.05, 0) is 36.2 Å². The molecule has 0 saturated carbocycles. The third kappa shape index (κ3) is 3.12. The molecule has 0 unspecified atom stereocenters. The number of fused-ring (bicyclic) bond motifs is 1. The van der Waals surface area contributed by atoms with Gasteiger partial charge in [-0.25, -0.2) is 13.2 Å². The molecule has 1 aromatic heterocycles. The highest BCUT2D eigenvalue weighted by Crippen LogP contribution is 2.34. The van der Waals surface area contributed by atoms with Crippen LogP contribution in [0.3, 0.4) is 0 Å². The fourth-order valence-electron chi connectivity index (χ4n) is 3.12. The van der Waals surface area contributed by atoms with E-state index < -0.39 is 29.0 Å². The van der Waals surface area contributed by atoms with E-state index in [9.17, 15) is 18.0 Å². The Bertz CT molecular complexity index is 1040. The number of aromatic nitrogens is 1. The van der Waals surface area contributed by atoms with Gasteiger partial charge in [0.15, 0.2) is 17.5 Å². The molecule has 1 aliphatic heterocycles. The second-order valence-electron chi connectivity index (χ2n) is 6.14. The molecule has 1 amide bonds. The van der Waals surface area contributed by atoms with Crippen LogP contribution in [0.2, 0.25) is 0 Å². The van der Waals surface area contributed by atoms with Crippen LogP contribution >= 0.6 is 0 Å². The van der Waals surface area contributed by atoms with Crippen LogP contribution in [0.5, 0.6) is 0 Å². The third-order valence-electron chi connectivity index (χ3n) is 4.47. The first-order valence-electron chi connectivity index (χ1n) is 8.30. The summed E-state index contributed by atoms with van der Waals surface area (Å²) in [4.78, 5) is 18.6. The molecule has 0 aliphatic carbocycles. The summed E-state index contributed by atoms with van der Waals surface area (Å²) in [6.07, 6.45) is 3.85. The minimum absolute atomic E-state index is 0.181. The number of carbonyl (C=O) groups is 1. The molecule has 2 heterocycles. The van der Waals surface area contributed by atoms with Crippen LogP contribution in [0.4, 0.5) is 30.2 Å². The lowest BCUT2D eigenvalue weighted by Gasteiger charge is -2.19. The molecule has 4 nitrogen and oxygen atoms in total. The molecule has 2 aromatic carbocycles. The number of halogens is 3. The Morgan fingerprint density at radius 1 is 1.04 bits per heavy atom. The lowest BCUT2D eigenvalue weighted by molar-refractivity contribution is 0.102. The molecule has 1 N–H and O–H groups in total. The van der Waals surface area contributed by atoms with Crippen molar-refractivity contribution in [2.75, 3.05) is 16.8 Å². The number of nitrogens with zero attached hydrogens (tertiary/aromatic N) is 2. The van der Waals surface area contributed by atoms with Crippen LogP contribution in [0.15, 0.2) is 54.9 Å². The molecular weight excluding hydrogens is 355 g/mol. The number of anilines is 3. The average Bonchev–Trinajstić information content (AvgIpc) is 3.12. The first-order valence-corrected chi connectivity index (χ1v) is 8.30. The molecule has 136 valence electrons. The Hall–Kier alpha value is -3.35. The highest BCUT2D eigenvalue weighted by molar-refractivity contribution is 6.04. The van der Waals surface area contributed by atoms with Gasteiger partial charge in [-0.2, -0.15) is 0 Å². The predicted octanol–water partition coefficient (Wildman–Crippen LogP) is 4.45. The summed E-state index contributed by atoms with van der Waals surface area (Å²) in [5, 5.41) is 2.25. The number of hydrogen-bond donors (Lipinski definition) is 1. The van der Waals surface area contributed by atoms with E-state index in [0.29, 0.717) is 0 Å². The Balaban J connectivity index is 1.60. The van der Waals surface area contributed by atoms with Crippen molar-refractivity contribution >= 4 is 23.0 Å². The topological polar surface area (TPSA) is 45.2 Å². The molecule has 7 heteroatoms. The molecular formula is C20H14F3N3O. The number of rotatable bonds is 3. The van der Waals surface area contributed by atoms with Crippen LogP contribution in [0, 0.1) is 17.5 Å². The van der Waals surface area contributed by atoms with E-state index in [0.717, 1.165) is 36.5 Å². The zero-order chi connectivity index (χ0) is 19.0. The van der Waals surface area contributed by atoms with E-state index in [1.54, 1.807) is 12.3 Å². The maximum atomic E-state index is 13.8. The van der Waals surface area contributed by atoms with Crippen LogP contribution in [-0.4, -0.2) is 17.4 Å². The highest BCUT2D eigenvalue weighted by Gasteiger charge is 2.21. The molecule has 0 bridgehead atoms. The second-order valence-corrected chi connectivity index (χ2v) is 6.14. The normalized spacial score (nSPS) is 12.8. The summed E-state index contributed by atoms with van der Waals surface area (Å²) in [7, 11) is 0. The monoisotopic (exact) mass is 369 g/mol. The van der Waals surface area contributed by atoms with Gasteiger partial charge in [0.25, 0.3) is 5.91 Å². The molecule has 0 atom stereocenters. The van der Waals surface area contributed by atoms with Crippen molar-refractivity contribution in [2.24, 2.45) is 0 Å². The number of carbonyl (C=O) groups excluding carboxylic acids is 1. The Morgan fingerprint density at radius 3 is 2.70 bits per heavy atom. The van der Waals surface area contributed by atoms with Gasteiger partial charge in [-0.15, -0.1) is 0 Å². The van der Waals surface area contributed by atoms with Gasteiger partial charge in [-0.3, -0.25) is 9.78 Å². The third-order valence-corrected chi connectivity index (χ3v) is 4.47. The van der Waals surface area contributed by atoms with Crippen LogP contribution < -0.4 is 10.2 Å². The van der Waals surface area contributed by atoms with Crippen molar-refractivity contribution in [3.8, 4) is 0 Å². The van der Waals surface area contributed by atoms with Gasteiger partial charge in [0, 0.05) is 18.4 Å². The summed E-state index contributed by atoms with van der Waals surface area (Å²) in [5.74, 6) is -5.06. The van der Waals surface area contributed by atoms with Gasteiger partial charge in [0.1, 0.15) is 0 Å². The van der Waals surface area contributed by atoms with E-state index in [1.807, 2.05) is 29.2 Å². The quantitative estimate of drug-likeness (QED) is 0.694. The van der Waals surface area contributed by atoms with E-state index in [-0.39, 0.29) is 5.56 Å². The van der Waals surface area contributed by atoms with Crippen molar-refractivity contribution in [1.82, 2.24) is 4.98 Å². The summed E-state index contributed by atoms with van der Waals surface area (Å²) >= 11 is 0. The van der Waals surface area contributed by atoms with E-state index >= 15 is 0 Å². The number of benzene rings is 2. The van der Waals surface area contributed by atoms with Crippen molar-refractivity contribution in [1.29, 1.82) is 0 Å². The van der Waals surface area contributed by atoms with E-state index in [2.05, 4.69) is 10.3 Å². The maximum absolute atomic E-state index is 13.8. The number of pyridine rings is 1. The molecule has 0 spiro atoms. The van der Waals surface area contributed by atoms with Gasteiger partial charge in [0.2, 0.25) is 0 Å². The summed E-state index contributed by atoms with van der Waals surface area (Å²) in [6, 6.07) is 11.3. The molecule has 0 fully saturated rings. The number of nitrogens with one attached hydrogen (secondary N) is 1. The fourth-order valence-corrected chi connectivity index (χ4v) is 3.12. The molecule has 3 aromatic rings. The first kappa shape index (κ1) is 17.1.